The number of benzene rings is 1. The molecule has 0 heterocycles. The van der Waals surface area contributed by atoms with E-state index < -0.39 is 4.92 Å². The molecule has 58 valence electrons. The van der Waals surface area contributed by atoms with Crippen LogP contribution in [-0.2, 0) is 0 Å². The van der Waals surface area contributed by atoms with Gasteiger partial charge >= 0.3 is 0 Å². The first-order valence-corrected chi connectivity index (χ1v) is 3.15. The van der Waals surface area contributed by atoms with Gasteiger partial charge in [0.25, 0.3) is 5.69 Å². The average Bonchev–Trinajstić information content (AvgIpc) is 2.03. The Balaban J connectivity index is 3.37. The van der Waals surface area contributed by atoms with E-state index in [1.54, 1.807) is 0 Å². The number of hydrogen-bond donors (Lipinski definition) is 0. The molecule has 0 atom stereocenters. The minimum Gasteiger partial charge on any atom is -0.298 e. The maximum Gasteiger partial charge on any atom is 0.279 e. The highest BCUT2D eigenvalue weighted by Crippen LogP contribution is 2.12. The zero-order valence-corrected chi connectivity index (χ0v) is 6.06. The van der Waals surface area contributed by atoms with Crippen LogP contribution in [0.15, 0.2) is 18.2 Å². The molecule has 1 aromatic carbocycles. The summed E-state index contributed by atoms with van der Waals surface area (Å²) >= 11 is 0. The van der Waals surface area contributed by atoms with Crippen LogP contribution in [0.1, 0.15) is 10.4 Å². The number of hydrogen-bond acceptors (Lipinski definition) is 3. The van der Waals surface area contributed by atoms with Gasteiger partial charge in [0.2, 0.25) is 0 Å². The third-order valence-electron chi connectivity index (χ3n) is 1.43. The SMILES string of the molecule is [B]c1cccc([N+](=O)[O-])c1C=O. The van der Waals surface area contributed by atoms with Gasteiger partial charge in [-0.25, -0.2) is 0 Å². The van der Waals surface area contributed by atoms with Crippen LogP contribution in [-0.4, -0.2) is 19.1 Å². The monoisotopic (exact) mass is 161 g/mol. The van der Waals surface area contributed by atoms with Crippen LogP contribution in [0.2, 0.25) is 0 Å². The Hall–Kier alpha value is -1.65. The van der Waals surface area contributed by atoms with E-state index in [2.05, 4.69) is 0 Å². The van der Waals surface area contributed by atoms with E-state index in [1.807, 2.05) is 0 Å². The molecule has 1 rings (SSSR count). The van der Waals surface area contributed by atoms with E-state index in [0.717, 1.165) is 0 Å². The molecule has 0 N–H and O–H groups in total. The summed E-state index contributed by atoms with van der Waals surface area (Å²) in [6.45, 7) is 0. The van der Waals surface area contributed by atoms with Crippen LogP contribution in [0.5, 0.6) is 0 Å². The summed E-state index contributed by atoms with van der Waals surface area (Å²) in [7, 11) is 5.33. The summed E-state index contributed by atoms with van der Waals surface area (Å²) in [4.78, 5) is 20.1. The van der Waals surface area contributed by atoms with Gasteiger partial charge < -0.3 is 0 Å². The molecule has 0 aliphatic carbocycles. The van der Waals surface area contributed by atoms with E-state index in [1.165, 1.54) is 18.2 Å². The molecule has 0 unspecified atom stereocenters. The van der Waals surface area contributed by atoms with Crippen molar-refractivity contribution in [3.05, 3.63) is 33.9 Å². The summed E-state index contributed by atoms with van der Waals surface area (Å²) in [6, 6.07) is 4.11. The molecular weight excluding hydrogens is 157 g/mol. The van der Waals surface area contributed by atoms with E-state index in [9.17, 15) is 14.9 Å². The maximum absolute atomic E-state index is 10.4. The van der Waals surface area contributed by atoms with Crippen LogP contribution in [0, 0.1) is 10.1 Å². The van der Waals surface area contributed by atoms with E-state index in [4.69, 9.17) is 7.85 Å². The summed E-state index contributed by atoms with van der Waals surface area (Å²) in [5, 5.41) is 10.3. The highest BCUT2D eigenvalue weighted by molar-refractivity contribution is 6.36. The molecule has 0 spiro atoms. The predicted molar refractivity (Wildman–Crippen MR) is 43.9 cm³/mol. The lowest BCUT2D eigenvalue weighted by Crippen LogP contribution is -2.11. The Kier molecular flexibility index (Phi) is 2.23. The van der Waals surface area contributed by atoms with E-state index in [-0.39, 0.29) is 16.7 Å². The summed E-state index contributed by atoms with van der Waals surface area (Å²) in [6.07, 6.45) is 0.382. The van der Waals surface area contributed by atoms with Gasteiger partial charge in [0.1, 0.15) is 7.85 Å². The molecule has 0 aliphatic rings. The second-order valence-electron chi connectivity index (χ2n) is 2.16. The van der Waals surface area contributed by atoms with Crippen molar-refractivity contribution in [3.8, 4) is 0 Å². The van der Waals surface area contributed by atoms with Crippen LogP contribution >= 0.6 is 0 Å². The van der Waals surface area contributed by atoms with Crippen molar-refractivity contribution in [2.45, 2.75) is 0 Å². The van der Waals surface area contributed by atoms with Gasteiger partial charge in [-0.2, -0.15) is 0 Å². The Labute approximate surface area is 69.8 Å². The Morgan fingerprint density at radius 3 is 2.58 bits per heavy atom. The quantitative estimate of drug-likeness (QED) is 0.269. The van der Waals surface area contributed by atoms with Crippen molar-refractivity contribution in [1.82, 2.24) is 0 Å². The summed E-state index contributed by atoms with van der Waals surface area (Å²) in [5.74, 6) is 0. The van der Waals surface area contributed by atoms with Gasteiger partial charge in [-0.1, -0.05) is 17.6 Å². The lowest BCUT2D eigenvalue weighted by Gasteiger charge is -1.98. The fourth-order valence-corrected chi connectivity index (χ4v) is 0.858. The molecule has 0 saturated heterocycles. The minimum atomic E-state index is -0.639. The minimum absolute atomic E-state index is 0.0671. The van der Waals surface area contributed by atoms with Crippen molar-refractivity contribution in [2.75, 3.05) is 0 Å². The fraction of sp³-hybridized carbons (Fsp3) is 0. The molecule has 1 aromatic rings. The molecule has 0 amide bonds. The highest BCUT2D eigenvalue weighted by atomic mass is 16.6. The number of carbonyl (C=O) groups is 1. The highest BCUT2D eigenvalue weighted by Gasteiger charge is 2.13. The van der Waals surface area contributed by atoms with Gasteiger partial charge in [0.15, 0.2) is 6.29 Å². The molecule has 0 aromatic heterocycles. The van der Waals surface area contributed by atoms with Crippen LogP contribution in [0.25, 0.3) is 0 Å². The van der Waals surface area contributed by atoms with Crippen LogP contribution < -0.4 is 5.46 Å². The molecule has 2 radical (unpaired) electrons. The third-order valence-corrected chi connectivity index (χ3v) is 1.43. The normalized spacial score (nSPS) is 9.33. The second kappa shape index (κ2) is 3.17. The number of carbonyl (C=O) groups excluding carboxylic acids is 1. The maximum atomic E-state index is 10.4. The van der Waals surface area contributed by atoms with E-state index >= 15 is 0 Å². The van der Waals surface area contributed by atoms with Gasteiger partial charge in [-0.05, 0) is 0 Å². The second-order valence-corrected chi connectivity index (χ2v) is 2.16. The first kappa shape index (κ1) is 8.45. The molecule has 5 heteroatoms. The number of nitro benzene ring substituents is 1. The van der Waals surface area contributed by atoms with Crippen LogP contribution in [0.3, 0.4) is 0 Å². The standard InChI is InChI=1S/C7H4BNO3/c8-6-2-1-3-7(9(11)12)5(6)4-10/h1-4H. The molecule has 12 heavy (non-hydrogen) atoms. The van der Waals surface area contributed by atoms with Crippen molar-refractivity contribution in [3.63, 3.8) is 0 Å². The summed E-state index contributed by atoms with van der Waals surface area (Å²) in [5.41, 5.74) is -0.202. The van der Waals surface area contributed by atoms with Gasteiger partial charge in [0.05, 0.1) is 10.5 Å². The Morgan fingerprint density at radius 1 is 1.50 bits per heavy atom. The number of aldehydes is 1. The fourth-order valence-electron chi connectivity index (χ4n) is 0.858. The number of rotatable bonds is 2. The molecular formula is C7H4BNO3. The van der Waals surface area contributed by atoms with E-state index in [0.29, 0.717) is 6.29 Å². The largest absolute Gasteiger partial charge is 0.298 e. The average molecular weight is 161 g/mol. The van der Waals surface area contributed by atoms with Crippen molar-refractivity contribution < 1.29 is 9.72 Å². The van der Waals surface area contributed by atoms with Gasteiger partial charge in [-0.15, -0.1) is 0 Å². The Bertz CT molecular complexity index is 337. The molecule has 0 saturated carbocycles. The molecule has 0 aliphatic heterocycles. The van der Waals surface area contributed by atoms with Crippen LogP contribution in [0.4, 0.5) is 5.69 Å². The topological polar surface area (TPSA) is 60.2 Å². The van der Waals surface area contributed by atoms with Crippen molar-refractivity contribution >= 4 is 25.3 Å². The van der Waals surface area contributed by atoms with Crippen molar-refractivity contribution in [2.24, 2.45) is 0 Å². The molecule has 0 bridgehead atoms. The lowest BCUT2D eigenvalue weighted by molar-refractivity contribution is -0.385. The molecule has 4 nitrogen and oxygen atoms in total. The predicted octanol–water partition coefficient (Wildman–Crippen LogP) is 0.201. The van der Waals surface area contributed by atoms with Gasteiger partial charge in [0, 0.05) is 6.07 Å². The zero-order chi connectivity index (χ0) is 9.14. The smallest absolute Gasteiger partial charge is 0.279 e. The first-order valence-electron chi connectivity index (χ1n) is 3.15. The van der Waals surface area contributed by atoms with Crippen molar-refractivity contribution in [1.29, 1.82) is 0 Å². The first-order chi connectivity index (χ1) is 5.66. The zero-order valence-electron chi connectivity index (χ0n) is 6.06. The number of nitro groups is 1. The summed E-state index contributed by atoms with van der Waals surface area (Å²) < 4.78 is 0. The molecule has 0 fully saturated rings. The lowest BCUT2D eigenvalue weighted by atomic mass is 9.90. The van der Waals surface area contributed by atoms with Gasteiger partial charge in [-0.3, -0.25) is 14.9 Å². The Morgan fingerprint density at radius 2 is 2.17 bits per heavy atom. The number of nitrogens with zero attached hydrogens (tertiary/aromatic N) is 1. The third kappa shape index (κ3) is 1.34.